The summed E-state index contributed by atoms with van der Waals surface area (Å²) >= 11 is 3.47. The van der Waals surface area contributed by atoms with Crippen LogP contribution >= 0.6 is 15.9 Å². The fourth-order valence-electron chi connectivity index (χ4n) is 2.19. The average molecular weight is 319 g/mol. The van der Waals surface area contributed by atoms with Crippen molar-refractivity contribution in [3.63, 3.8) is 0 Å². The Labute approximate surface area is 123 Å². The van der Waals surface area contributed by atoms with Gasteiger partial charge in [0.2, 0.25) is 0 Å². The Hall–Kier alpha value is -1.19. The number of nitrogens with one attached hydrogen (secondary N) is 1. The molecule has 100 valence electrons. The van der Waals surface area contributed by atoms with E-state index in [2.05, 4.69) is 69.6 Å². The average Bonchev–Trinajstić information content (AvgIpc) is 2.41. The predicted octanol–water partition coefficient (Wildman–Crippen LogP) is 4.05. The summed E-state index contributed by atoms with van der Waals surface area (Å²) in [5.41, 5.74) is 3.71. The van der Waals surface area contributed by atoms with Crippen LogP contribution in [0.3, 0.4) is 0 Å². The standard InChI is InChI=1S/C16H19BrN2/c1-3-18-16(14-8-9-19-12(2)10-14)11-13-4-6-15(17)7-5-13/h4-10,16,18H,3,11H2,1-2H3. The second kappa shape index (κ2) is 6.83. The zero-order chi connectivity index (χ0) is 13.7. The maximum Gasteiger partial charge on any atom is 0.0375 e. The summed E-state index contributed by atoms with van der Waals surface area (Å²) in [4.78, 5) is 4.27. The van der Waals surface area contributed by atoms with Gasteiger partial charge in [0, 0.05) is 22.4 Å². The molecule has 1 unspecified atom stereocenters. The molecule has 0 saturated carbocycles. The largest absolute Gasteiger partial charge is 0.310 e. The van der Waals surface area contributed by atoms with Crippen molar-refractivity contribution in [3.05, 3.63) is 63.9 Å². The molecule has 3 heteroatoms. The molecule has 0 aliphatic carbocycles. The molecular formula is C16H19BrN2. The lowest BCUT2D eigenvalue weighted by molar-refractivity contribution is 0.549. The van der Waals surface area contributed by atoms with Crippen LogP contribution < -0.4 is 5.32 Å². The number of benzene rings is 1. The summed E-state index contributed by atoms with van der Waals surface area (Å²) in [6, 6.07) is 13.1. The first-order valence-electron chi connectivity index (χ1n) is 6.59. The minimum Gasteiger partial charge on any atom is -0.310 e. The number of likely N-dealkylation sites (N-methyl/N-ethyl adjacent to an activating group) is 1. The number of rotatable bonds is 5. The quantitative estimate of drug-likeness (QED) is 0.899. The maximum absolute atomic E-state index is 4.27. The molecule has 0 spiro atoms. The third-order valence-electron chi connectivity index (χ3n) is 3.13. The second-order valence-electron chi connectivity index (χ2n) is 4.67. The fraction of sp³-hybridized carbons (Fsp3) is 0.312. The molecule has 2 aromatic rings. The predicted molar refractivity (Wildman–Crippen MR) is 83.2 cm³/mol. The van der Waals surface area contributed by atoms with Crippen molar-refractivity contribution in [2.45, 2.75) is 26.3 Å². The first kappa shape index (κ1) is 14.2. The summed E-state index contributed by atoms with van der Waals surface area (Å²) in [7, 11) is 0. The molecule has 0 saturated heterocycles. The number of pyridine rings is 1. The molecule has 0 aliphatic heterocycles. The van der Waals surface area contributed by atoms with Gasteiger partial charge in [-0.3, -0.25) is 4.98 Å². The summed E-state index contributed by atoms with van der Waals surface area (Å²) in [5, 5.41) is 3.55. The maximum atomic E-state index is 4.27. The highest BCUT2D eigenvalue weighted by molar-refractivity contribution is 9.10. The first-order chi connectivity index (χ1) is 9.19. The van der Waals surface area contributed by atoms with Crippen LogP contribution in [0.15, 0.2) is 47.1 Å². The van der Waals surface area contributed by atoms with Crippen molar-refractivity contribution >= 4 is 15.9 Å². The van der Waals surface area contributed by atoms with Gasteiger partial charge < -0.3 is 5.32 Å². The van der Waals surface area contributed by atoms with E-state index in [1.54, 1.807) is 0 Å². The van der Waals surface area contributed by atoms with Gasteiger partial charge in [0.1, 0.15) is 0 Å². The Balaban J connectivity index is 2.18. The van der Waals surface area contributed by atoms with E-state index < -0.39 is 0 Å². The molecule has 0 aliphatic rings. The van der Waals surface area contributed by atoms with Gasteiger partial charge in [-0.15, -0.1) is 0 Å². The summed E-state index contributed by atoms with van der Waals surface area (Å²) in [5.74, 6) is 0. The minimum absolute atomic E-state index is 0.341. The highest BCUT2D eigenvalue weighted by atomic mass is 79.9. The number of aryl methyl sites for hydroxylation is 1. The molecule has 1 N–H and O–H groups in total. The zero-order valence-corrected chi connectivity index (χ0v) is 12.9. The molecule has 2 nitrogen and oxygen atoms in total. The van der Waals surface area contributed by atoms with Crippen molar-refractivity contribution in [2.24, 2.45) is 0 Å². The molecule has 2 rings (SSSR count). The molecule has 19 heavy (non-hydrogen) atoms. The summed E-state index contributed by atoms with van der Waals surface area (Å²) in [6.07, 6.45) is 2.88. The van der Waals surface area contributed by atoms with E-state index in [0.29, 0.717) is 6.04 Å². The van der Waals surface area contributed by atoms with E-state index in [-0.39, 0.29) is 0 Å². The van der Waals surface area contributed by atoms with Gasteiger partial charge in [0.25, 0.3) is 0 Å². The minimum atomic E-state index is 0.341. The highest BCUT2D eigenvalue weighted by Gasteiger charge is 2.11. The number of nitrogens with zero attached hydrogens (tertiary/aromatic N) is 1. The van der Waals surface area contributed by atoms with Crippen molar-refractivity contribution < 1.29 is 0 Å². The lowest BCUT2D eigenvalue weighted by Crippen LogP contribution is -2.23. The molecular weight excluding hydrogens is 300 g/mol. The normalized spacial score (nSPS) is 12.4. The van der Waals surface area contributed by atoms with Gasteiger partial charge in [-0.2, -0.15) is 0 Å². The molecule has 1 aromatic carbocycles. The molecule has 1 atom stereocenters. The third-order valence-corrected chi connectivity index (χ3v) is 3.66. The van der Waals surface area contributed by atoms with Crippen LogP contribution in [0.5, 0.6) is 0 Å². The Morgan fingerprint density at radius 2 is 1.95 bits per heavy atom. The topological polar surface area (TPSA) is 24.9 Å². The van der Waals surface area contributed by atoms with Crippen LogP contribution in [0.2, 0.25) is 0 Å². The SMILES string of the molecule is CCNC(Cc1ccc(Br)cc1)c1ccnc(C)c1. The van der Waals surface area contributed by atoms with Crippen LogP contribution in [0.1, 0.15) is 29.8 Å². The summed E-state index contributed by atoms with van der Waals surface area (Å²) < 4.78 is 1.12. The molecule has 0 fully saturated rings. The monoisotopic (exact) mass is 318 g/mol. The van der Waals surface area contributed by atoms with E-state index in [4.69, 9.17) is 0 Å². The van der Waals surface area contributed by atoms with Gasteiger partial charge in [-0.05, 0) is 55.3 Å². The van der Waals surface area contributed by atoms with E-state index in [1.807, 2.05) is 13.1 Å². The van der Waals surface area contributed by atoms with E-state index in [1.165, 1.54) is 11.1 Å². The van der Waals surface area contributed by atoms with Crippen molar-refractivity contribution in [3.8, 4) is 0 Å². The first-order valence-corrected chi connectivity index (χ1v) is 7.38. The van der Waals surface area contributed by atoms with Crippen molar-refractivity contribution in [1.82, 2.24) is 10.3 Å². The molecule has 0 bridgehead atoms. The summed E-state index contributed by atoms with van der Waals surface area (Å²) in [6.45, 7) is 5.14. The zero-order valence-electron chi connectivity index (χ0n) is 11.4. The lowest BCUT2D eigenvalue weighted by Gasteiger charge is -2.19. The van der Waals surface area contributed by atoms with E-state index in [0.717, 1.165) is 23.1 Å². The number of halogens is 1. The van der Waals surface area contributed by atoms with Gasteiger partial charge in [-0.25, -0.2) is 0 Å². The van der Waals surface area contributed by atoms with Crippen LogP contribution in [0.25, 0.3) is 0 Å². The van der Waals surface area contributed by atoms with Crippen molar-refractivity contribution in [1.29, 1.82) is 0 Å². The number of hydrogen-bond acceptors (Lipinski definition) is 2. The van der Waals surface area contributed by atoms with Crippen molar-refractivity contribution in [2.75, 3.05) is 6.54 Å². The highest BCUT2D eigenvalue weighted by Crippen LogP contribution is 2.20. The Kier molecular flexibility index (Phi) is 5.11. The van der Waals surface area contributed by atoms with Gasteiger partial charge >= 0.3 is 0 Å². The molecule has 1 aromatic heterocycles. The molecule has 0 radical (unpaired) electrons. The Morgan fingerprint density at radius 1 is 1.21 bits per heavy atom. The number of hydrogen-bond donors (Lipinski definition) is 1. The fourth-order valence-corrected chi connectivity index (χ4v) is 2.46. The van der Waals surface area contributed by atoms with Crippen LogP contribution in [-0.2, 0) is 6.42 Å². The number of aromatic nitrogens is 1. The van der Waals surface area contributed by atoms with Gasteiger partial charge in [0.05, 0.1) is 0 Å². The van der Waals surface area contributed by atoms with Gasteiger partial charge in [-0.1, -0.05) is 35.0 Å². The Morgan fingerprint density at radius 3 is 2.58 bits per heavy atom. The second-order valence-corrected chi connectivity index (χ2v) is 5.59. The van der Waals surface area contributed by atoms with Crippen LogP contribution in [0, 0.1) is 6.92 Å². The Bertz CT molecular complexity index is 523. The van der Waals surface area contributed by atoms with E-state index in [9.17, 15) is 0 Å². The van der Waals surface area contributed by atoms with Gasteiger partial charge in [0.15, 0.2) is 0 Å². The third kappa shape index (κ3) is 4.15. The molecule has 1 heterocycles. The van der Waals surface area contributed by atoms with Crippen LogP contribution in [-0.4, -0.2) is 11.5 Å². The van der Waals surface area contributed by atoms with Crippen LogP contribution in [0.4, 0.5) is 0 Å². The molecule has 0 amide bonds. The smallest absolute Gasteiger partial charge is 0.0375 e. The van der Waals surface area contributed by atoms with E-state index >= 15 is 0 Å². The lowest BCUT2D eigenvalue weighted by atomic mass is 9.99.